The van der Waals surface area contributed by atoms with Crippen molar-refractivity contribution in [3.63, 3.8) is 0 Å². The fraction of sp³-hybridized carbons (Fsp3) is 0.444. The molecule has 0 saturated heterocycles. The first kappa shape index (κ1) is 35.8. The monoisotopic (exact) mass is 636 g/mol. The first-order valence-electron chi connectivity index (χ1n) is 15.3. The maximum Gasteiger partial charge on any atom is 0.329 e. The molecule has 3 aromatic rings. The van der Waals surface area contributed by atoms with Crippen LogP contribution in [0.5, 0.6) is 5.75 Å². The summed E-state index contributed by atoms with van der Waals surface area (Å²) in [5, 5.41) is 2.79. The van der Waals surface area contributed by atoms with Crippen molar-refractivity contribution in [1.29, 1.82) is 0 Å². The van der Waals surface area contributed by atoms with Crippen LogP contribution < -0.4 is 14.8 Å². The van der Waals surface area contributed by atoms with Gasteiger partial charge in [-0.15, -0.1) is 0 Å². The zero-order chi connectivity index (χ0) is 33.4. The fourth-order valence-corrected chi connectivity index (χ4v) is 5.81. The van der Waals surface area contributed by atoms with E-state index in [0.29, 0.717) is 12.4 Å². The van der Waals surface area contributed by atoms with E-state index in [1.165, 1.54) is 0 Å². The molecular formula is C36H48N2O6S. The molecular weight excluding hydrogens is 588 g/mol. The molecule has 244 valence electrons. The quantitative estimate of drug-likeness (QED) is 0.212. The third-order valence-electron chi connectivity index (χ3n) is 6.97. The molecule has 0 aliphatic heterocycles. The molecule has 0 unspecified atom stereocenters. The Bertz CT molecular complexity index is 1500. The van der Waals surface area contributed by atoms with Gasteiger partial charge in [-0.05, 0) is 79.5 Å². The van der Waals surface area contributed by atoms with Crippen LogP contribution >= 0.6 is 0 Å². The minimum atomic E-state index is -4.03. The van der Waals surface area contributed by atoms with Gasteiger partial charge in [0.15, 0.2) is 0 Å². The van der Waals surface area contributed by atoms with Crippen LogP contribution in [-0.4, -0.2) is 38.0 Å². The molecule has 8 nitrogen and oxygen atoms in total. The van der Waals surface area contributed by atoms with Crippen molar-refractivity contribution in [2.45, 2.75) is 103 Å². The van der Waals surface area contributed by atoms with Gasteiger partial charge in [-0.25, -0.2) is 13.2 Å². The van der Waals surface area contributed by atoms with Gasteiger partial charge < -0.3 is 14.8 Å². The Morgan fingerprint density at radius 3 is 1.91 bits per heavy atom. The third kappa shape index (κ3) is 11.6. The van der Waals surface area contributed by atoms with Crippen LogP contribution in [0.1, 0.15) is 78.5 Å². The van der Waals surface area contributed by atoms with Crippen LogP contribution in [0.4, 0.5) is 0 Å². The number of esters is 1. The summed E-state index contributed by atoms with van der Waals surface area (Å²) in [5.74, 6) is -0.543. The lowest BCUT2D eigenvalue weighted by Crippen LogP contribution is -2.53. The van der Waals surface area contributed by atoms with Gasteiger partial charge in [-0.3, -0.25) is 4.79 Å². The molecule has 0 aliphatic carbocycles. The molecule has 0 spiro atoms. The maximum absolute atomic E-state index is 13.7. The first-order valence-corrected chi connectivity index (χ1v) is 16.8. The molecule has 0 bridgehead atoms. The second-order valence-corrected chi connectivity index (χ2v) is 15.5. The van der Waals surface area contributed by atoms with E-state index >= 15 is 0 Å². The lowest BCUT2D eigenvalue weighted by atomic mass is 9.87. The van der Waals surface area contributed by atoms with Crippen LogP contribution in [-0.2, 0) is 42.8 Å². The molecule has 0 radical (unpaired) electrons. The Labute approximate surface area is 269 Å². The number of ether oxygens (including phenoxy) is 2. The average Bonchev–Trinajstić information content (AvgIpc) is 2.95. The summed E-state index contributed by atoms with van der Waals surface area (Å²) >= 11 is 0. The lowest BCUT2D eigenvalue weighted by molar-refractivity contribution is -0.158. The Morgan fingerprint density at radius 2 is 1.38 bits per heavy atom. The van der Waals surface area contributed by atoms with Gasteiger partial charge in [0.1, 0.15) is 30.0 Å². The third-order valence-corrected chi connectivity index (χ3v) is 8.46. The highest BCUT2D eigenvalue weighted by Gasteiger charge is 2.32. The van der Waals surface area contributed by atoms with Crippen LogP contribution in [0, 0.1) is 5.92 Å². The molecule has 0 saturated carbocycles. The number of carbonyl (C=O) groups excluding carboxylic acids is 2. The summed E-state index contributed by atoms with van der Waals surface area (Å²) < 4.78 is 40.8. The highest BCUT2D eigenvalue weighted by atomic mass is 32.2. The Morgan fingerprint density at radius 1 is 0.778 bits per heavy atom. The summed E-state index contributed by atoms with van der Waals surface area (Å²) in [6.45, 7) is 15.6. The predicted molar refractivity (Wildman–Crippen MR) is 177 cm³/mol. The van der Waals surface area contributed by atoms with Crippen molar-refractivity contribution < 1.29 is 27.5 Å². The lowest BCUT2D eigenvalue weighted by Gasteiger charge is -2.27. The van der Waals surface area contributed by atoms with Crippen molar-refractivity contribution >= 4 is 21.9 Å². The zero-order valence-corrected chi connectivity index (χ0v) is 28.5. The molecule has 45 heavy (non-hydrogen) atoms. The molecule has 0 aliphatic rings. The number of benzene rings is 3. The van der Waals surface area contributed by atoms with Crippen LogP contribution in [0.15, 0.2) is 83.8 Å². The first-order chi connectivity index (χ1) is 20.9. The highest BCUT2D eigenvalue weighted by molar-refractivity contribution is 7.89. The van der Waals surface area contributed by atoms with Crippen molar-refractivity contribution in [2.75, 3.05) is 0 Å². The normalized spacial score (nSPS) is 13.6. The number of hydrogen-bond donors (Lipinski definition) is 2. The summed E-state index contributed by atoms with van der Waals surface area (Å²) in [6.07, 6.45) is 0.384. The molecule has 2 atom stereocenters. The van der Waals surface area contributed by atoms with Gasteiger partial charge in [-0.1, -0.05) is 89.2 Å². The SMILES string of the molecule is CC(C)C[C@H](NS(=O)(=O)c1ccc(C(C)(C)C)cc1)C(=O)N[C@@H](Cc1ccc(OCc2ccccc2)cc1)C(=O)OC(C)(C)C. The Balaban J connectivity index is 1.78. The van der Waals surface area contributed by atoms with Gasteiger partial charge >= 0.3 is 5.97 Å². The molecule has 9 heteroatoms. The van der Waals surface area contributed by atoms with Crippen LogP contribution in [0.2, 0.25) is 0 Å². The van der Waals surface area contributed by atoms with Gasteiger partial charge in [0.2, 0.25) is 15.9 Å². The van der Waals surface area contributed by atoms with E-state index in [4.69, 9.17) is 9.47 Å². The van der Waals surface area contributed by atoms with Gasteiger partial charge in [0, 0.05) is 6.42 Å². The smallest absolute Gasteiger partial charge is 0.329 e. The summed E-state index contributed by atoms with van der Waals surface area (Å²) in [4.78, 5) is 27.0. The summed E-state index contributed by atoms with van der Waals surface area (Å²) in [7, 11) is -4.03. The van der Waals surface area contributed by atoms with E-state index in [1.807, 2.05) is 89.2 Å². The zero-order valence-electron chi connectivity index (χ0n) is 27.7. The number of rotatable bonds is 13. The fourth-order valence-electron chi connectivity index (χ4n) is 4.61. The number of sulfonamides is 1. The molecule has 0 fully saturated rings. The van der Waals surface area contributed by atoms with Crippen LogP contribution in [0.3, 0.4) is 0 Å². The second kappa shape index (κ2) is 15.1. The number of amides is 1. The molecule has 1 amide bonds. The summed E-state index contributed by atoms with van der Waals surface area (Å²) in [5.41, 5.74) is 1.89. The predicted octanol–water partition coefficient (Wildman–Crippen LogP) is 6.33. The van der Waals surface area contributed by atoms with Crippen molar-refractivity contribution in [3.8, 4) is 5.75 Å². The van der Waals surface area contributed by atoms with Crippen molar-refractivity contribution in [1.82, 2.24) is 10.0 Å². The second-order valence-electron chi connectivity index (χ2n) is 13.8. The molecule has 3 aromatic carbocycles. The largest absolute Gasteiger partial charge is 0.489 e. The molecule has 0 aromatic heterocycles. The van der Waals surface area contributed by atoms with E-state index in [0.717, 1.165) is 16.7 Å². The van der Waals surface area contributed by atoms with Gasteiger partial charge in [-0.2, -0.15) is 4.72 Å². The van der Waals surface area contributed by atoms with E-state index < -0.39 is 39.6 Å². The minimum Gasteiger partial charge on any atom is -0.489 e. The van der Waals surface area contributed by atoms with Gasteiger partial charge in [0.05, 0.1) is 4.90 Å². The standard InChI is InChI=1S/C36H48N2O6S/c1-25(2)22-31(38-45(41,42)30-20-16-28(17-21-30)35(3,4)5)33(39)37-32(34(40)44-36(6,7)8)23-26-14-18-29(19-15-26)43-24-27-12-10-9-11-13-27/h9-21,25,31-32,38H,22-24H2,1-8H3,(H,37,39)/t31-,32-/m0/s1. The highest BCUT2D eigenvalue weighted by Crippen LogP contribution is 2.24. The maximum atomic E-state index is 13.7. The topological polar surface area (TPSA) is 111 Å². The Hall–Kier alpha value is -3.69. The number of carbonyl (C=O) groups is 2. The molecule has 0 heterocycles. The minimum absolute atomic E-state index is 0.00452. The van der Waals surface area contributed by atoms with Gasteiger partial charge in [0.25, 0.3) is 0 Å². The van der Waals surface area contributed by atoms with Crippen LogP contribution in [0.25, 0.3) is 0 Å². The van der Waals surface area contributed by atoms with Crippen molar-refractivity contribution in [3.05, 3.63) is 95.6 Å². The van der Waals surface area contributed by atoms with E-state index in [9.17, 15) is 18.0 Å². The summed E-state index contributed by atoms with van der Waals surface area (Å²) in [6, 6.07) is 21.6. The molecule has 2 N–H and O–H groups in total. The molecule has 3 rings (SSSR count). The average molecular weight is 637 g/mol. The number of hydrogen-bond acceptors (Lipinski definition) is 6. The van der Waals surface area contributed by atoms with Crippen molar-refractivity contribution in [2.24, 2.45) is 5.92 Å². The van der Waals surface area contributed by atoms with E-state index in [2.05, 4.69) is 10.0 Å². The number of nitrogens with one attached hydrogen (secondary N) is 2. The van der Waals surface area contributed by atoms with E-state index in [1.54, 1.807) is 45.0 Å². The Kier molecular flexibility index (Phi) is 12.0. The van der Waals surface area contributed by atoms with E-state index in [-0.39, 0.29) is 29.1 Å².